The molecule has 2 N–H and O–H groups in total. The van der Waals surface area contributed by atoms with Crippen molar-refractivity contribution in [1.82, 2.24) is 5.32 Å². The third-order valence-corrected chi connectivity index (χ3v) is 0.265. The quantitative estimate of drug-likeness (QED) is 0.270. The number of hydrogen-bond acceptors (Lipinski definition) is 1. The van der Waals surface area contributed by atoms with E-state index in [1.54, 1.807) is 0 Å². The molecule has 0 aromatic heterocycles. The lowest BCUT2D eigenvalue weighted by molar-refractivity contribution is 0.981. The van der Waals surface area contributed by atoms with Crippen LogP contribution in [0.25, 0.3) is 0 Å². The molecule has 0 rings (SSSR count). The molecule has 0 fully saturated rings. The smallest absolute Gasteiger partial charge is 0.161 e. The van der Waals surface area contributed by atoms with E-state index >= 15 is 0 Å². The summed E-state index contributed by atoms with van der Waals surface area (Å²) in [5, 5.41) is 8.77. The standard InChI is InChI=1S/C3H7N2/c1-2-5-3-4/h2H2,1H3,(H2,4,5). The fourth-order valence-corrected chi connectivity index (χ4v) is 0.0884. The van der Waals surface area contributed by atoms with Gasteiger partial charge in [-0.3, -0.25) is 5.41 Å². The van der Waals surface area contributed by atoms with Crippen LogP contribution in [0.2, 0.25) is 0 Å². The first-order valence-electron chi connectivity index (χ1n) is 1.56. The zero-order chi connectivity index (χ0) is 4.12. The lowest BCUT2D eigenvalue weighted by Gasteiger charge is -1.79. The fraction of sp³-hybridized carbons (Fsp3) is 0.667. The molecule has 0 unspecified atom stereocenters. The summed E-state index contributed by atoms with van der Waals surface area (Å²) in [4.78, 5) is 0. The zero-order valence-corrected chi connectivity index (χ0v) is 3.21. The molecular weight excluding hydrogens is 64.0 g/mol. The van der Waals surface area contributed by atoms with Crippen molar-refractivity contribution >= 4 is 6.34 Å². The first kappa shape index (κ1) is 4.47. The van der Waals surface area contributed by atoms with Gasteiger partial charge in [0.1, 0.15) is 0 Å². The van der Waals surface area contributed by atoms with Gasteiger partial charge in [0.05, 0.1) is 0 Å². The van der Waals surface area contributed by atoms with Gasteiger partial charge in [-0.2, -0.15) is 0 Å². The van der Waals surface area contributed by atoms with Gasteiger partial charge in [-0.1, -0.05) is 0 Å². The van der Waals surface area contributed by atoms with E-state index in [0.29, 0.717) is 0 Å². The molecule has 2 heteroatoms. The molecule has 0 bridgehead atoms. The Morgan fingerprint density at radius 1 is 2.00 bits per heavy atom. The van der Waals surface area contributed by atoms with Crippen molar-refractivity contribution in [1.29, 1.82) is 5.41 Å². The van der Waals surface area contributed by atoms with Crippen molar-refractivity contribution < 1.29 is 0 Å². The van der Waals surface area contributed by atoms with Crippen molar-refractivity contribution in [3.63, 3.8) is 0 Å². The largest absolute Gasteiger partial charge is 0.368 e. The fourth-order valence-electron chi connectivity index (χ4n) is 0.0884. The van der Waals surface area contributed by atoms with E-state index in [1.807, 2.05) is 13.3 Å². The highest BCUT2D eigenvalue weighted by Crippen LogP contribution is 1.38. The van der Waals surface area contributed by atoms with E-state index in [-0.39, 0.29) is 0 Å². The summed E-state index contributed by atoms with van der Waals surface area (Å²) < 4.78 is 0. The lowest BCUT2D eigenvalue weighted by Crippen LogP contribution is -2.06. The third kappa shape index (κ3) is 3.47. The maximum Gasteiger partial charge on any atom is 0.161 e. The highest BCUT2D eigenvalue weighted by atomic mass is 14.9. The van der Waals surface area contributed by atoms with Crippen molar-refractivity contribution in [2.24, 2.45) is 0 Å². The second-order valence-corrected chi connectivity index (χ2v) is 0.655. The van der Waals surface area contributed by atoms with Crippen LogP contribution in [0.3, 0.4) is 0 Å². The Morgan fingerprint density at radius 2 is 2.60 bits per heavy atom. The van der Waals surface area contributed by atoms with Crippen LogP contribution >= 0.6 is 0 Å². The van der Waals surface area contributed by atoms with Gasteiger partial charge in [-0.25, -0.2) is 0 Å². The van der Waals surface area contributed by atoms with Crippen molar-refractivity contribution in [2.75, 3.05) is 6.54 Å². The van der Waals surface area contributed by atoms with Crippen LogP contribution in [0.4, 0.5) is 0 Å². The highest BCUT2D eigenvalue weighted by Gasteiger charge is 1.57. The molecule has 0 heterocycles. The molecule has 0 saturated carbocycles. The topological polar surface area (TPSA) is 35.9 Å². The molecule has 0 aliphatic rings. The Morgan fingerprint density at radius 3 is 2.60 bits per heavy atom. The van der Waals surface area contributed by atoms with Crippen LogP contribution in [0.1, 0.15) is 6.92 Å². The van der Waals surface area contributed by atoms with Gasteiger partial charge >= 0.3 is 0 Å². The Bertz CT molecular complexity index is 26.1. The van der Waals surface area contributed by atoms with Crippen molar-refractivity contribution in [2.45, 2.75) is 6.92 Å². The molecule has 1 radical (unpaired) electrons. The molecule has 2 nitrogen and oxygen atoms in total. The van der Waals surface area contributed by atoms with Crippen LogP contribution in [0.5, 0.6) is 0 Å². The summed E-state index contributed by atoms with van der Waals surface area (Å²) in [5.74, 6) is 0. The average molecular weight is 71.1 g/mol. The van der Waals surface area contributed by atoms with Gasteiger partial charge in [0, 0.05) is 6.54 Å². The minimum Gasteiger partial charge on any atom is -0.368 e. The third-order valence-electron chi connectivity index (χ3n) is 0.265. The molecule has 29 valence electrons. The van der Waals surface area contributed by atoms with Crippen LogP contribution in [0.15, 0.2) is 0 Å². The highest BCUT2D eigenvalue weighted by molar-refractivity contribution is 5.49. The van der Waals surface area contributed by atoms with Gasteiger partial charge in [0.25, 0.3) is 0 Å². The summed E-state index contributed by atoms with van der Waals surface area (Å²) in [7, 11) is 0. The normalized spacial score (nSPS) is 6.60. The summed E-state index contributed by atoms with van der Waals surface area (Å²) in [6.45, 7) is 2.71. The van der Waals surface area contributed by atoms with Crippen LogP contribution < -0.4 is 5.32 Å². The molecule has 0 aromatic rings. The van der Waals surface area contributed by atoms with Crippen LogP contribution in [0, 0.1) is 5.41 Å². The van der Waals surface area contributed by atoms with Gasteiger partial charge in [-0.15, -0.1) is 0 Å². The lowest BCUT2D eigenvalue weighted by atomic mass is 10.8. The van der Waals surface area contributed by atoms with Gasteiger partial charge in [0.2, 0.25) is 0 Å². The number of rotatable bonds is 2. The molecule has 0 aliphatic carbocycles. The Balaban J connectivity index is 2.40. The first-order valence-corrected chi connectivity index (χ1v) is 1.56. The minimum atomic E-state index is 0.795. The SMILES string of the molecule is CCN[C]=N. The predicted molar refractivity (Wildman–Crippen MR) is 21.4 cm³/mol. The Labute approximate surface area is 31.7 Å². The van der Waals surface area contributed by atoms with Crippen LogP contribution in [-0.4, -0.2) is 12.9 Å². The van der Waals surface area contributed by atoms with E-state index in [1.165, 1.54) is 0 Å². The Kier molecular flexibility index (Phi) is 3.10. The van der Waals surface area contributed by atoms with Crippen molar-refractivity contribution in [3.8, 4) is 0 Å². The minimum absolute atomic E-state index is 0.795. The Hall–Kier alpha value is -0.530. The molecule has 0 spiro atoms. The molecular formula is C3H7N2. The summed E-state index contributed by atoms with van der Waals surface area (Å²) >= 11 is 0. The zero-order valence-electron chi connectivity index (χ0n) is 3.21. The van der Waals surface area contributed by atoms with Crippen molar-refractivity contribution in [3.05, 3.63) is 0 Å². The molecule has 5 heavy (non-hydrogen) atoms. The number of hydrogen-bond donors (Lipinski definition) is 2. The molecule has 0 aliphatic heterocycles. The maximum absolute atomic E-state index is 6.24. The van der Waals surface area contributed by atoms with Gasteiger partial charge in [0.15, 0.2) is 6.34 Å². The molecule has 0 amide bonds. The van der Waals surface area contributed by atoms with E-state index in [0.717, 1.165) is 6.54 Å². The summed E-state index contributed by atoms with van der Waals surface area (Å²) in [6.07, 6.45) is 2.02. The summed E-state index contributed by atoms with van der Waals surface area (Å²) in [6, 6.07) is 0. The monoisotopic (exact) mass is 71.1 g/mol. The summed E-state index contributed by atoms with van der Waals surface area (Å²) in [5.41, 5.74) is 0. The maximum atomic E-state index is 6.24. The predicted octanol–water partition coefficient (Wildman–Crippen LogP) is 0.0800. The van der Waals surface area contributed by atoms with Gasteiger partial charge < -0.3 is 5.32 Å². The van der Waals surface area contributed by atoms with Crippen LogP contribution in [-0.2, 0) is 0 Å². The molecule has 0 atom stereocenters. The average Bonchev–Trinajstić information content (AvgIpc) is 1.41. The second kappa shape index (κ2) is 3.47. The molecule has 0 aromatic carbocycles. The number of nitrogens with one attached hydrogen (secondary N) is 2. The van der Waals surface area contributed by atoms with E-state index in [2.05, 4.69) is 5.32 Å². The molecule has 0 saturated heterocycles. The van der Waals surface area contributed by atoms with E-state index in [9.17, 15) is 0 Å². The second-order valence-electron chi connectivity index (χ2n) is 0.655. The van der Waals surface area contributed by atoms with E-state index in [4.69, 9.17) is 5.41 Å². The van der Waals surface area contributed by atoms with E-state index < -0.39 is 0 Å². The first-order chi connectivity index (χ1) is 2.41. The van der Waals surface area contributed by atoms with Gasteiger partial charge in [-0.05, 0) is 6.92 Å².